The van der Waals surface area contributed by atoms with Gasteiger partial charge in [-0.3, -0.25) is 14.4 Å². The van der Waals surface area contributed by atoms with Crippen molar-refractivity contribution in [3.63, 3.8) is 0 Å². The molecule has 1 aliphatic rings. The summed E-state index contributed by atoms with van der Waals surface area (Å²) in [5.74, 6) is -0.850. The van der Waals surface area contributed by atoms with Crippen molar-refractivity contribution in [2.45, 2.75) is 32.7 Å². The van der Waals surface area contributed by atoms with E-state index in [1.54, 1.807) is 25.4 Å². The van der Waals surface area contributed by atoms with E-state index >= 15 is 0 Å². The van der Waals surface area contributed by atoms with Gasteiger partial charge in [0.15, 0.2) is 11.4 Å². The summed E-state index contributed by atoms with van der Waals surface area (Å²) in [5.41, 5.74) is 0.150. The molecule has 0 bridgehead atoms. The zero-order valence-electron chi connectivity index (χ0n) is 17.8. The maximum absolute atomic E-state index is 12.4. The molecule has 3 N–H and O–H groups in total. The van der Waals surface area contributed by atoms with Gasteiger partial charge in [-0.05, 0) is 41.3 Å². The van der Waals surface area contributed by atoms with E-state index in [2.05, 4.69) is 35.5 Å². The van der Waals surface area contributed by atoms with Crippen molar-refractivity contribution in [1.82, 2.24) is 9.88 Å². The molecule has 0 spiro atoms. The Morgan fingerprint density at radius 2 is 1.94 bits per heavy atom. The van der Waals surface area contributed by atoms with Crippen LogP contribution in [0.15, 0.2) is 33.3 Å². The molecule has 4 rings (SSSR count). The number of aryl methyl sites for hydroxylation is 1. The SMILES string of the molecule is CN(C)C(=O)c1nccc(Nc2c(N[C@H]3c4sccc4CCC3(C)C)c(=O)c2=O)c1O. The molecule has 0 saturated carbocycles. The van der Waals surface area contributed by atoms with Gasteiger partial charge < -0.3 is 20.6 Å². The van der Waals surface area contributed by atoms with Crippen LogP contribution in [0.4, 0.5) is 17.1 Å². The summed E-state index contributed by atoms with van der Waals surface area (Å²) in [6.07, 6.45) is 3.29. The first-order valence-corrected chi connectivity index (χ1v) is 10.8. The van der Waals surface area contributed by atoms with Crippen molar-refractivity contribution < 1.29 is 9.90 Å². The first kappa shape index (κ1) is 21.0. The van der Waals surface area contributed by atoms with Crippen LogP contribution in [-0.2, 0) is 6.42 Å². The van der Waals surface area contributed by atoms with Crippen LogP contribution in [0, 0.1) is 5.41 Å². The Bertz CT molecular complexity index is 1240. The topological polar surface area (TPSA) is 112 Å². The Balaban J connectivity index is 1.67. The number of amides is 1. The molecule has 1 amide bonds. The number of hydrogen-bond donors (Lipinski definition) is 3. The van der Waals surface area contributed by atoms with Crippen molar-refractivity contribution in [2.75, 3.05) is 24.7 Å². The summed E-state index contributed by atoms with van der Waals surface area (Å²) < 4.78 is 0. The third-order valence-electron chi connectivity index (χ3n) is 5.85. The molecule has 1 aromatic carbocycles. The molecule has 0 unspecified atom stereocenters. The lowest BCUT2D eigenvalue weighted by molar-refractivity contribution is 0.0819. The quantitative estimate of drug-likeness (QED) is 0.523. The van der Waals surface area contributed by atoms with Crippen molar-refractivity contribution in [3.05, 3.63) is 60.3 Å². The van der Waals surface area contributed by atoms with Crippen LogP contribution >= 0.6 is 11.3 Å². The van der Waals surface area contributed by atoms with Gasteiger partial charge >= 0.3 is 0 Å². The van der Waals surface area contributed by atoms with E-state index < -0.39 is 16.8 Å². The van der Waals surface area contributed by atoms with Gasteiger partial charge in [-0.2, -0.15) is 0 Å². The Hall–Kier alpha value is -3.20. The number of pyridine rings is 1. The minimum Gasteiger partial charge on any atom is -0.504 e. The van der Waals surface area contributed by atoms with Crippen LogP contribution in [0.3, 0.4) is 0 Å². The Kier molecular flexibility index (Phi) is 5.09. The average Bonchev–Trinajstić information content (AvgIpc) is 3.20. The van der Waals surface area contributed by atoms with E-state index in [9.17, 15) is 19.5 Å². The van der Waals surface area contributed by atoms with Gasteiger partial charge in [-0.25, -0.2) is 4.98 Å². The summed E-state index contributed by atoms with van der Waals surface area (Å²) in [6, 6.07) is 3.44. The number of aromatic hydroxyl groups is 1. The molecule has 2 heterocycles. The minimum atomic E-state index is -0.667. The third-order valence-corrected chi connectivity index (χ3v) is 6.88. The first-order chi connectivity index (χ1) is 14.6. The van der Waals surface area contributed by atoms with E-state index in [0.29, 0.717) is 0 Å². The molecule has 1 atom stereocenters. The Morgan fingerprint density at radius 3 is 2.65 bits per heavy atom. The highest BCUT2D eigenvalue weighted by Crippen LogP contribution is 2.47. The average molecular weight is 441 g/mol. The number of hydrogen-bond acceptors (Lipinski definition) is 8. The number of nitrogens with one attached hydrogen (secondary N) is 2. The van der Waals surface area contributed by atoms with Gasteiger partial charge in [0, 0.05) is 25.2 Å². The van der Waals surface area contributed by atoms with E-state index in [-0.39, 0.29) is 40.0 Å². The lowest BCUT2D eigenvalue weighted by Gasteiger charge is -2.39. The molecule has 0 fully saturated rings. The summed E-state index contributed by atoms with van der Waals surface area (Å²) in [5, 5.41) is 18.7. The van der Waals surface area contributed by atoms with E-state index in [4.69, 9.17) is 0 Å². The number of fused-ring (bicyclic) bond motifs is 1. The number of thiophene rings is 1. The van der Waals surface area contributed by atoms with Gasteiger partial charge in [-0.15, -0.1) is 11.3 Å². The number of aromatic nitrogens is 1. The highest BCUT2D eigenvalue weighted by Gasteiger charge is 2.38. The molecule has 9 heteroatoms. The molecule has 1 aliphatic carbocycles. The van der Waals surface area contributed by atoms with Crippen LogP contribution in [-0.4, -0.2) is 35.0 Å². The molecule has 3 aromatic rings. The second kappa shape index (κ2) is 7.49. The van der Waals surface area contributed by atoms with Crippen molar-refractivity contribution in [2.24, 2.45) is 5.41 Å². The number of nitrogens with zero attached hydrogens (tertiary/aromatic N) is 2. The number of carbonyl (C=O) groups is 1. The Labute approximate surface area is 183 Å². The number of rotatable bonds is 5. The summed E-state index contributed by atoms with van der Waals surface area (Å²) >= 11 is 1.64. The molecular formula is C22H24N4O4S. The Morgan fingerprint density at radius 1 is 1.23 bits per heavy atom. The summed E-state index contributed by atoms with van der Waals surface area (Å²) in [7, 11) is 3.10. The van der Waals surface area contributed by atoms with Crippen LogP contribution < -0.4 is 21.5 Å². The zero-order valence-corrected chi connectivity index (χ0v) is 18.6. The van der Waals surface area contributed by atoms with Crippen molar-refractivity contribution in [1.29, 1.82) is 0 Å². The highest BCUT2D eigenvalue weighted by atomic mass is 32.1. The predicted octanol–water partition coefficient (Wildman–Crippen LogP) is 3.02. The van der Waals surface area contributed by atoms with Crippen molar-refractivity contribution in [3.8, 4) is 5.75 Å². The molecular weight excluding hydrogens is 416 g/mol. The first-order valence-electron chi connectivity index (χ1n) is 9.94. The van der Waals surface area contributed by atoms with Crippen LogP contribution in [0.5, 0.6) is 5.75 Å². The lowest BCUT2D eigenvalue weighted by atomic mass is 9.73. The van der Waals surface area contributed by atoms with E-state index in [1.807, 2.05) is 5.38 Å². The van der Waals surface area contributed by atoms with Gasteiger partial charge in [0.1, 0.15) is 11.4 Å². The molecule has 0 saturated heterocycles. The predicted molar refractivity (Wildman–Crippen MR) is 121 cm³/mol. The third kappa shape index (κ3) is 3.48. The fourth-order valence-electron chi connectivity index (χ4n) is 3.87. The minimum absolute atomic E-state index is 0.0780. The summed E-state index contributed by atoms with van der Waals surface area (Å²) in [4.78, 5) is 43.4. The maximum Gasteiger partial charge on any atom is 0.275 e. The molecule has 31 heavy (non-hydrogen) atoms. The highest BCUT2D eigenvalue weighted by molar-refractivity contribution is 7.10. The van der Waals surface area contributed by atoms with Crippen LogP contribution in [0.2, 0.25) is 0 Å². The van der Waals surface area contributed by atoms with Gasteiger partial charge in [0.2, 0.25) is 0 Å². The molecule has 162 valence electrons. The van der Waals surface area contributed by atoms with E-state index in [1.165, 1.54) is 27.6 Å². The molecule has 0 radical (unpaired) electrons. The maximum atomic E-state index is 12.4. The molecule has 2 aromatic heterocycles. The lowest BCUT2D eigenvalue weighted by Crippen LogP contribution is -2.41. The smallest absolute Gasteiger partial charge is 0.275 e. The van der Waals surface area contributed by atoms with Gasteiger partial charge in [0.05, 0.1) is 11.7 Å². The summed E-state index contributed by atoms with van der Waals surface area (Å²) in [6.45, 7) is 4.28. The largest absolute Gasteiger partial charge is 0.504 e. The van der Waals surface area contributed by atoms with Crippen molar-refractivity contribution >= 4 is 34.3 Å². The van der Waals surface area contributed by atoms with E-state index in [0.717, 1.165) is 12.8 Å². The fourth-order valence-corrected chi connectivity index (χ4v) is 5.09. The normalized spacial score (nSPS) is 17.2. The second-order valence-corrected chi connectivity index (χ2v) is 9.61. The van der Waals surface area contributed by atoms with Gasteiger partial charge in [0.25, 0.3) is 16.8 Å². The fraction of sp³-hybridized carbons (Fsp3) is 0.364. The standard InChI is InChI=1S/C22H24N4O4S/c1-22(2)8-5-11-7-10-31-19(11)20(22)25-14-13(17(28)18(14)29)24-12-6-9-23-15(16(12)27)21(30)26(3)4/h6-7,9-10,20,25,27H,5,8H2,1-4H3,(H,23,24)/t20-/m0/s1. The number of anilines is 3. The van der Waals surface area contributed by atoms with Crippen LogP contribution in [0.1, 0.15) is 47.2 Å². The second-order valence-electron chi connectivity index (χ2n) is 8.66. The number of carbonyl (C=O) groups excluding carboxylic acids is 1. The monoisotopic (exact) mass is 440 g/mol. The van der Waals surface area contributed by atoms with Gasteiger partial charge in [-0.1, -0.05) is 13.8 Å². The molecule has 0 aliphatic heterocycles. The molecule has 8 nitrogen and oxygen atoms in total. The zero-order chi connectivity index (χ0) is 22.5. The van der Waals surface area contributed by atoms with Crippen LogP contribution in [0.25, 0.3) is 0 Å².